The molecule has 0 bridgehead atoms. The minimum Gasteiger partial charge on any atom is -0.392 e. The van der Waals surface area contributed by atoms with Crippen molar-refractivity contribution in [2.75, 3.05) is 0 Å². The van der Waals surface area contributed by atoms with Gasteiger partial charge in [0.1, 0.15) is 5.82 Å². The van der Waals surface area contributed by atoms with Crippen molar-refractivity contribution in [3.63, 3.8) is 0 Å². The molecule has 0 amide bonds. The van der Waals surface area contributed by atoms with E-state index in [0.717, 1.165) is 8.04 Å². The Labute approximate surface area is 85.9 Å². The molecule has 0 atom stereocenters. The summed E-state index contributed by atoms with van der Waals surface area (Å²) in [5, 5.41) is 8.76. The molecule has 0 aliphatic carbocycles. The minimum atomic E-state index is -0.361. The van der Waals surface area contributed by atoms with Crippen molar-refractivity contribution in [1.82, 2.24) is 0 Å². The summed E-state index contributed by atoms with van der Waals surface area (Å²) in [6, 6.07) is 2.95. The van der Waals surface area contributed by atoms with Gasteiger partial charge in [-0.15, -0.1) is 0 Å². The monoisotopic (exact) mass is 330 g/mol. The van der Waals surface area contributed by atoms with Gasteiger partial charge in [0.15, 0.2) is 0 Å². The predicted octanol–water partition coefficient (Wildman–Crippen LogP) is 2.69. The highest BCUT2D eigenvalue weighted by atomic mass is 127. The number of aliphatic hydroxyl groups excluding tert-OH is 1. The first-order valence-electron chi connectivity index (χ1n) is 2.90. The lowest BCUT2D eigenvalue weighted by Crippen LogP contribution is -1.94. The van der Waals surface area contributed by atoms with Crippen LogP contribution in [0.15, 0.2) is 16.6 Å². The Balaban J connectivity index is 3.29. The molecule has 0 fully saturated rings. The number of aliphatic hydroxyl groups is 1. The van der Waals surface area contributed by atoms with Crippen molar-refractivity contribution in [2.45, 2.75) is 6.61 Å². The van der Waals surface area contributed by atoms with Crippen molar-refractivity contribution in [3.8, 4) is 0 Å². The van der Waals surface area contributed by atoms with Gasteiger partial charge in [-0.2, -0.15) is 0 Å². The van der Waals surface area contributed by atoms with Gasteiger partial charge in [-0.05, 0) is 50.7 Å². The summed E-state index contributed by atoms with van der Waals surface area (Å²) < 4.78 is 14.4. The quantitative estimate of drug-likeness (QED) is 0.620. The van der Waals surface area contributed by atoms with E-state index in [0.29, 0.717) is 5.56 Å². The molecule has 0 aromatic heterocycles. The zero-order chi connectivity index (χ0) is 8.43. The molecule has 0 saturated heterocycles. The van der Waals surface area contributed by atoms with Crippen LogP contribution in [0.5, 0.6) is 0 Å². The maximum Gasteiger partial charge on any atom is 0.129 e. The van der Waals surface area contributed by atoms with E-state index in [4.69, 9.17) is 5.11 Å². The maximum absolute atomic E-state index is 12.8. The number of halogens is 3. The highest BCUT2D eigenvalue weighted by molar-refractivity contribution is 14.1. The standard InChI is InChI=1S/C7H5BrFIO/c8-5-1-2-6(9)4(3-11)7(5)10/h1-2,11H,3H2. The molecule has 0 aliphatic heterocycles. The smallest absolute Gasteiger partial charge is 0.129 e. The first-order valence-corrected chi connectivity index (χ1v) is 4.77. The van der Waals surface area contributed by atoms with Crippen molar-refractivity contribution < 1.29 is 9.50 Å². The van der Waals surface area contributed by atoms with Crippen LogP contribution < -0.4 is 0 Å². The van der Waals surface area contributed by atoms with E-state index in [1.165, 1.54) is 6.07 Å². The SMILES string of the molecule is OCc1c(F)ccc(Br)c1I. The highest BCUT2D eigenvalue weighted by Gasteiger charge is 2.07. The summed E-state index contributed by atoms with van der Waals surface area (Å²) in [7, 11) is 0. The third kappa shape index (κ3) is 1.91. The first-order chi connectivity index (χ1) is 5.16. The van der Waals surface area contributed by atoms with Gasteiger partial charge >= 0.3 is 0 Å². The summed E-state index contributed by atoms with van der Waals surface area (Å²) in [4.78, 5) is 0. The lowest BCUT2D eigenvalue weighted by Gasteiger charge is -2.03. The van der Waals surface area contributed by atoms with Crippen LogP contribution in [0.2, 0.25) is 0 Å². The molecule has 1 N–H and O–H groups in total. The maximum atomic E-state index is 12.8. The van der Waals surface area contributed by atoms with Crippen LogP contribution in [-0.2, 0) is 6.61 Å². The van der Waals surface area contributed by atoms with Crippen LogP contribution in [0.4, 0.5) is 4.39 Å². The summed E-state index contributed by atoms with van der Waals surface area (Å²) in [5.41, 5.74) is 0.347. The van der Waals surface area contributed by atoms with Crippen LogP contribution in [0.25, 0.3) is 0 Å². The van der Waals surface area contributed by atoms with E-state index < -0.39 is 0 Å². The zero-order valence-electron chi connectivity index (χ0n) is 5.44. The van der Waals surface area contributed by atoms with E-state index in [9.17, 15) is 4.39 Å². The van der Waals surface area contributed by atoms with Crippen molar-refractivity contribution >= 4 is 38.5 Å². The summed E-state index contributed by atoms with van der Waals surface area (Å²) >= 11 is 5.22. The Kier molecular flexibility index (Phi) is 3.27. The van der Waals surface area contributed by atoms with Crippen LogP contribution in [0, 0.1) is 9.39 Å². The second-order valence-corrected chi connectivity index (χ2v) is 3.91. The zero-order valence-corrected chi connectivity index (χ0v) is 9.19. The normalized spacial score (nSPS) is 10.2. The Morgan fingerprint density at radius 3 is 2.64 bits per heavy atom. The van der Waals surface area contributed by atoms with Crippen LogP contribution in [-0.4, -0.2) is 5.11 Å². The molecule has 1 aromatic rings. The fourth-order valence-electron chi connectivity index (χ4n) is 0.714. The van der Waals surface area contributed by atoms with E-state index in [-0.39, 0.29) is 12.4 Å². The molecular weight excluding hydrogens is 326 g/mol. The van der Waals surface area contributed by atoms with E-state index in [1.54, 1.807) is 6.07 Å². The molecule has 1 nitrogen and oxygen atoms in total. The summed E-state index contributed by atoms with van der Waals surface area (Å²) in [5.74, 6) is -0.361. The van der Waals surface area contributed by atoms with Gasteiger partial charge in [-0.25, -0.2) is 4.39 Å². The van der Waals surface area contributed by atoms with E-state index >= 15 is 0 Å². The topological polar surface area (TPSA) is 20.2 Å². The van der Waals surface area contributed by atoms with Gasteiger partial charge in [-0.3, -0.25) is 0 Å². The Morgan fingerprint density at radius 2 is 2.18 bits per heavy atom. The molecule has 0 heterocycles. The lowest BCUT2D eigenvalue weighted by molar-refractivity contribution is 0.274. The molecule has 4 heteroatoms. The highest BCUT2D eigenvalue weighted by Crippen LogP contribution is 2.24. The number of hydrogen-bond acceptors (Lipinski definition) is 1. The molecule has 0 aliphatic rings. The molecule has 1 rings (SSSR count). The second kappa shape index (κ2) is 3.82. The first kappa shape index (κ1) is 9.41. The van der Waals surface area contributed by atoms with Gasteiger partial charge < -0.3 is 5.11 Å². The largest absolute Gasteiger partial charge is 0.392 e. The third-order valence-electron chi connectivity index (χ3n) is 1.30. The molecule has 0 spiro atoms. The second-order valence-electron chi connectivity index (χ2n) is 1.98. The van der Waals surface area contributed by atoms with E-state index in [1.807, 2.05) is 22.6 Å². The number of benzene rings is 1. The molecule has 1 aromatic carbocycles. The molecule has 0 saturated carbocycles. The molecule has 0 unspecified atom stereocenters. The van der Waals surface area contributed by atoms with Crippen LogP contribution in [0.3, 0.4) is 0 Å². The Bertz CT molecular complexity index is 277. The molecular formula is C7H5BrFIO. The van der Waals surface area contributed by atoms with Gasteiger partial charge in [0, 0.05) is 13.6 Å². The molecule has 0 radical (unpaired) electrons. The third-order valence-corrected chi connectivity index (χ3v) is 3.93. The predicted molar refractivity (Wildman–Crippen MR) is 52.7 cm³/mol. The van der Waals surface area contributed by atoms with Gasteiger partial charge in [-0.1, -0.05) is 0 Å². The van der Waals surface area contributed by atoms with Crippen molar-refractivity contribution in [1.29, 1.82) is 0 Å². The fourth-order valence-corrected chi connectivity index (χ4v) is 1.69. The minimum absolute atomic E-state index is 0.260. The molecule has 11 heavy (non-hydrogen) atoms. The van der Waals surface area contributed by atoms with Crippen molar-refractivity contribution in [3.05, 3.63) is 31.6 Å². The summed E-state index contributed by atoms with van der Waals surface area (Å²) in [6.45, 7) is -0.260. The number of rotatable bonds is 1. The van der Waals surface area contributed by atoms with E-state index in [2.05, 4.69) is 15.9 Å². The van der Waals surface area contributed by atoms with Crippen LogP contribution in [0.1, 0.15) is 5.56 Å². The van der Waals surface area contributed by atoms with Gasteiger partial charge in [0.05, 0.1) is 6.61 Å². The number of hydrogen-bond donors (Lipinski definition) is 1. The molecule has 60 valence electrons. The van der Waals surface area contributed by atoms with Gasteiger partial charge in [0.25, 0.3) is 0 Å². The van der Waals surface area contributed by atoms with Crippen LogP contribution >= 0.6 is 38.5 Å². The average molecular weight is 331 g/mol. The lowest BCUT2D eigenvalue weighted by atomic mass is 10.2. The Morgan fingerprint density at radius 1 is 1.55 bits per heavy atom. The van der Waals surface area contributed by atoms with Gasteiger partial charge in [0.2, 0.25) is 0 Å². The average Bonchev–Trinajstić information content (AvgIpc) is 1.99. The Hall–Kier alpha value is 0.320. The van der Waals surface area contributed by atoms with Crippen molar-refractivity contribution in [2.24, 2.45) is 0 Å². The fraction of sp³-hybridized carbons (Fsp3) is 0.143. The summed E-state index contributed by atoms with van der Waals surface area (Å²) in [6.07, 6.45) is 0.